The normalized spacial score (nSPS) is 17.6. The Labute approximate surface area is 441 Å². The third kappa shape index (κ3) is 14.6. The standard InChI is InChI=1S/C29H35ClN4O5.C26H35ClN4O4/c1-3-25(35)20-15-24(32(2)17-20)26(36)7-5-4-6-8-27(37)33-13-11-29(39,12-14-33)18-34-19-31-23-16-21(30)9-10-22(23)28(34)38;1-29-12-9-19(16-29)23(32)5-3-2-4-6-24(33)30-13-10-26(35,11-14-30)17-31-18-28-22-15-20(27)7-8-21(22)25(31)34/h9-10,15-17,19,39H,3-8,11-14,18H2,1-2H3;7-8,15,18-19,35H,2-6,9-14,16-17H2,1H3. The average molecular weight is 1060 g/mol. The number of amides is 2. The van der Waals surface area contributed by atoms with Gasteiger partial charge in [0.15, 0.2) is 11.6 Å². The first-order valence-electron chi connectivity index (χ1n) is 26.1. The molecule has 3 saturated heterocycles. The molecule has 398 valence electrons. The fraction of sp³-hybridized carbons (Fsp3) is 0.545. The molecule has 1 atom stereocenters. The molecule has 0 spiro atoms. The van der Waals surface area contributed by atoms with E-state index in [4.69, 9.17) is 23.2 Å². The van der Waals surface area contributed by atoms with Crippen molar-refractivity contribution in [2.45, 2.75) is 134 Å². The SMILES string of the molecule is CCC(=O)c1cc(C(=O)CCCCCC(=O)N2CCC(O)(Cn3cnc4cc(Cl)ccc4c3=O)CC2)n(C)c1.CN1CCC(C(=O)CCCCCC(=O)N2CCC(O)(Cn3cnc4cc(Cl)ccc4c3=O)CC2)C1. The second-order valence-electron chi connectivity index (χ2n) is 20.6. The number of halogens is 2. The molecule has 2 amide bonds. The summed E-state index contributed by atoms with van der Waals surface area (Å²) in [6.45, 7) is 5.71. The summed E-state index contributed by atoms with van der Waals surface area (Å²) in [6, 6.07) is 11.5. The van der Waals surface area contributed by atoms with Crippen molar-refractivity contribution < 1.29 is 34.2 Å². The minimum absolute atomic E-state index is 0.00110. The summed E-state index contributed by atoms with van der Waals surface area (Å²) >= 11 is 12.0. The first kappa shape index (κ1) is 56.1. The summed E-state index contributed by atoms with van der Waals surface area (Å²) < 4.78 is 4.57. The van der Waals surface area contributed by atoms with Crippen LogP contribution in [0.5, 0.6) is 0 Å². The lowest BCUT2D eigenvalue weighted by molar-refractivity contribution is -0.137. The predicted octanol–water partition coefficient (Wildman–Crippen LogP) is 7.04. The highest BCUT2D eigenvalue weighted by molar-refractivity contribution is 6.31. The Morgan fingerprint density at radius 1 is 0.635 bits per heavy atom. The van der Waals surface area contributed by atoms with Crippen LogP contribution in [0.2, 0.25) is 10.0 Å². The number of aliphatic hydroxyl groups is 2. The van der Waals surface area contributed by atoms with Gasteiger partial charge in [-0.3, -0.25) is 42.7 Å². The highest BCUT2D eigenvalue weighted by atomic mass is 35.5. The van der Waals surface area contributed by atoms with Crippen LogP contribution >= 0.6 is 23.2 Å². The van der Waals surface area contributed by atoms with Gasteiger partial charge >= 0.3 is 0 Å². The number of aryl methyl sites for hydroxylation is 1. The van der Waals surface area contributed by atoms with Crippen molar-refractivity contribution in [2.24, 2.45) is 13.0 Å². The number of Topliss-reactive ketones (excluding diaryl/α,β-unsaturated/α-hetero) is 3. The van der Waals surface area contributed by atoms with E-state index >= 15 is 0 Å². The first-order chi connectivity index (χ1) is 35.3. The molecule has 1 unspecified atom stereocenters. The molecule has 0 saturated carbocycles. The summed E-state index contributed by atoms with van der Waals surface area (Å²) in [6.07, 6.45) is 14.0. The Kier molecular flexibility index (Phi) is 19.2. The van der Waals surface area contributed by atoms with E-state index in [0.29, 0.717) is 146 Å². The van der Waals surface area contributed by atoms with Crippen LogP contribution in [0.15, 0.2) is 70.9 Å². The monoisotopic (exact) mass is 1060 g/mol. The lowest BCUT2D eigenvalue weighted by Crippen LogP contribution is -2.49. The van der Waals surface area contributed by atoms with E-state index in [1.54, 1.807) is 77.0 Å². The third-order valence-corrected chi connectivity index (χ3v) is 15.5. The predicted molar refractivity (Wildman–Crippen MR) is 285 cm³/mol. The molecule has 6 heterocycles. The number of carbonyl (C=O) groups is 5. The van der Waals surface area contributed by atoms with Crippen molar-refractivity contribution in [2.75, 3.05) is 46.3 Å². The first-order valence-corrected chi connectivity index (χ1v) is 26.8. The number of hydrogen-bond donors (Lipinski definition) is 2. The van der Waals surface area contributed by atoms with Gasteiger partial charge in [-0.25, -0.2) is 9.97 Å². The molecule has 3 aromatic heterocycles. The van der Waals surface area contributed by atoms with Crippen LogP contribution in [0, 0.1) is 5.92 Å². The van der Waals surface area contributed by atoms with Gasteiger partial charge in [-0.15, -0.1) is 0 Å². The summed E-state index contributed by atoms with van der Waals surface area (Å²) in [4.78, 5) is 102. The van der Waals surface area contributed by atoms with Crippen LogP contribution in [-0.4, -0.2) is 135 Å². The molecule has 5 aromatic rings. The molecule has 3 aliphatic rings. The molecular weight excluding hydrogens is 988 g/mol. The number of unbranched alkanes of at least 4 members (excludes halogenated alkanes) is 4. The zero-order valence-electron chi connectivity index (χ0n) is 42.9. The molecule has 3 fully saturated rings. The molecular formula is C55H70Cl2N8O9. The average Bonchev–Trinajstić information content (AvgIpc) is 4.00. The number of piperidine rings is 2. The van der Waals surface area contributed by atoms with Crippen molar-refractivity contribution in [3.8, 4) is 0 Å². The van der Waals surface area contributed by atoms with Crippen LogP contribution < -0.4 is 11.1 Å². The molecule has 74 heavy (non-hydrogen) atoms. The summed E-state index contributed by atoms with van der Waals surface area (Å²) in [5.74, 6) is 0.699. The second-order valence-corrected chi connectivity index (χ2v) is 21.5. The van der Waals surface area contributed by atoms with Crippen molar-refractivity contribution in [3.05, 3.63) is 103 Å². The summed E-state index contributed by atoms with van der Waals surface area (Å²) in [7, 11) is 3.82. The van der Waals surface area contributed by atoms with Crippen molar-refractivity contribution >= 4 is 74.2 Å². The second kappa shape index (κ2) is 25.3. The van der Waals surface area contributed by atoms with E-state index in [-0.39, 0.29) is 53.5 Å². The van der Waals surface area contributed by atoms with Gasteiger partial charge in [0.05, 0.1) is 64.4 Å². The van der Waals surface area contributed by atoms with Crippen LogP contribution in [0.4, 0.5) is 0 Å². The maximum Gasteiger partial charge on any atom is 0.261 e. The Balaban J connectivity index is 0.000000217. The number of ketones is 3. The van der Waals surface area contributed by atoms with E-state index in [0.717, 1.165) is 45.2 Å². The molecule has 17 nitrogen and oxygen atoms in total. The number of nitrogens with zero attached hydrogens (tertiary/aromatic N) is 8. The number of rotatable bonds is 20. The topological polar surface area (TPSA) is 210 Å². The van der Waals surface area contributed by atoms with Crippen LogP contribution in [-0.2, 0) is 34.5 Å². The molecule has 0 aliphatic carbocycles. The van der Waals surface area contributed by atoms with Crippen LogP contribution in [0.1, 0.15) is 131 Å². The molecule has 0 bridgehead atoms. The number of benzene rings is 2. The Morgan fingerprint density at radius 2 is 1.11 bits per heavy atom. The minimum atomic E-state index is -1.10. The number of likely N-dealkylation sites (tertiary alicyclic amines) is 3. The Bertz CT molecular complexity index is 2950. The van der Waals surface area contributed by atoms with Gasteiger partial charge in [0.2, 0.25) is 11.8 Å². The van der Waals surface area contributed by atoms with Gasteiger partial charge < -0.3 is 29.5 Å². The maximum atomic E-state index is 12.8. The van der Waals surface area contributed by atoms with Gasteiger partial charge in [0.25, 0.3) is 11.1 Å². The highest BCUT2D eigenvalue weighted by Gasteiger charge is 2.36. The molecule has 2 N–H and O–H groups in total. The molecule has 3 aliphatic heterocycles. The lowest BCUT2D eigenvalue weighted by atomic mass is 9.91. The van der Waals surface area contributed by atoms with E-state index < -0.39 is 11.2 Å². The summed E-state index contributed by atoms with van der Waals surface area (Å²) in [5.41, 5.74) is -0.456. The fourth-order valence-electron chi connectivity index (χ4n) is 10.3. The number of carbonyl (C=O) groups excluding carboxylic acids is 5. The number of fused-ring (bicyclic) bond motifs is 2. The Morgan fingerprint density at radius 3 is 1.57 bits per heavy atom. The van der Waals surface area contributed by atoms with Gasteiger partial charge in [-0.1, -0.05) is 43.0 Å². The van der Waals surface area contributed by atoms with Crippen LogP contribution in [0.3, 0.4) is 0 Å². The molecule has 8 rings (SSSR count). The molecule has 0 radical (unpaired) electrons. The highest BCUT2D eigenvalue weighted by Crippen LogP contribution is 2.27. The smallest absolute Gasteiger partial charge is 0.261 e. The van der Waals surface area contributed by atoms with E-state index in [1.165, 1.54) is 21.8 Å². The van der Waals surface area contributed by atoms with Crippen LogP contribution in [0.25, 0.3) is 21.8 Å². The van der Waals surface area contributed by atoms with Gasteiger partial charge in [0.1, 0.15) is 5.78 Å². The van der Waals surface area contributed by atoms with E-state index in [2.05, 4.69) is 21.9 Å². The zero-order valence-corrected chi connectivity index (χ0v) is 44.4. The van der Waals surface area contributed by atoms with Crippen molar-refractivity contribution in [1.82, 2.24) is 38.4 Å². The molecule has 2 aromatic carbocycles. The summed E-state index contributed by atoms with van der Waals surface area (Å²) in [5, 5.41) is 24.1. The van der Waals surface area contributed by atoms with Crippen molar-refractivity contribution in [3.63, 3.8) is 0 Å². The van der Waals surface area contributed by atoms with E-state index in [9.17, 15) is 43.8 Å². The van der Waals surface area contributed by atoms with Gasteiger partial charge in [-0.05, 0) is 114 Å². The third-order valence-electron chi connectivity index (χ3n) is 15.0. The van der Waals surface area contributed by atoms with Gasteiger partial charge in [0, 0.05) is 99.6 Å². The zero-order chi connectivity index (χ0) is 53.2. The van der Waals surface area contributed by atoms with E-state index in [1.807, 2.05) is 0 Å². The number of aromatic nitrogens is 5. The lowest BCUT2D eigenvalue weighted by Gasteiger charge is -2.38. The number of hydrogen-bond acceptors (Lipinski definition) is 12. The largest absolute Gasteiger partial charge is 0.388 e. The fourth-order valence-corrected chi connectivity index (χ4v) is 10.7. The van der Waals surface area contributed by atoms with Gasteiger partial charge in [-0.2, -0.15) is 0 Å². The maximum absolute atomic E-state index is 12.8. The molecule has 19 heteroatoms. The Hall–Kier alpha value is -5.59. The quantitative estimate of drug-likeness (QED) is 0.0594. The minimum Gasteiger partial charge on any atom is -0.388 e. The van der Waals surface area contributed by atoms with Crippen molar-refractivity contribution in [1.29, 1.82) is 0 Å².